The van der Waals surface area contributed by atoms with Crippen LogP contribution in [0, 0.1) is 6.92 Å². The summed E-state index contributed by atoms with van der Waals surface area (Å²) in [5.74, 6) is 1.75. The van der Waals surface area contributed by atoms with Gasteiger partial charge in [0.25, 0.3) is 0 Å². The van der Waals surface area contributed by atoms with E-state index in [1.165, 1.54) is 0 Å². The third-order valence-corrected chi connectivity index (χ3v) is 2.06. The summed E-state index contributed by atoms with van der Waals surface area (Å²) in [6.07, 6.45) is 0. The number of halogens is 1. The highest BCUT2D eigenvalue weighted by Crippen LogP contribution is 2.14. The minimum Gasteiger partial charge on any atom is -0.360 e. The lowest BCUT2D eigenvalue weighted by Gasteiger charge is -2.15. The lowest BCUT2D eigenvalue weighted by atomic mass is 10.5. The first kappa shape index (κ1) is 9.45. The standard InChI is InChI=1S/C8H12BrN3/c1-4-12(3)8-5-7(9)10-6(2)11-8/h5H,4H2,1-3H3. The van der Waals surface area contributed by atoms with E-state index < -0.39 is 0 Å². The Bertz CT molecular complexity index is 255. The van der Waals surface area contributed by atoms with Crippen molar-refractivity contribution in [1.82, 2.24) is 9.97 Å². The predicted molar refractivity (Wildman–Crippen MR) is 53.4 cm³/mol. The molecule has 0 fully saturated rings. The number of aryl methyl sites for hydroxylation is 1. The average molecular weight is 230 g/mol. The molecule has 0 atom stereocenters. The molecule has 1 rings (SSSR count). The number of anilines is 1. The van der Waals surface area contributed by atoms with Gasteiger partial charge in [-0.05, 0) is 29.8 Å². The Morgan fingerprint density at radius 1 is 1.50 bits per heavy atom. The Labute approximate surface area is 81.0 Å². The van der Waals surface area contributed by atoms with Crippen LogP contribution in [0.1, 0.15) is 12.7 Å². The summed E-state index contributed by atoms with van der Waals surface area (Å²) in [6, 6.07) is 1.91. The molecule has 0 aliphatic heterocycles. The van der Waals surface area contributed by atoms with E-state index in [1.807, 2.05) is 20.0 Å². The van der Waals surface area contributed by atoms with Crippen LogP contribution in [0.25, 0.3) is 0 Å². The molecule has 0 saturated carbocycles. The monoisotopic (exact) mass is 229 g/mol. The van der Waals surface area contributed by atoms with Gasteiger partial charge in [-0.3, -0.25) is 0 Å². The lowest BCUT2D eigenvalue weighted by Crippen LogP contribution is -2.17. The van der Waals surface area contributed by atoms with Crippen LogP contribution < -0.4 is 4.90 Å². The molecule has 0 N–H and O–H groups in total. The van der Waals surface area contributed by atoms with Crippen molar-refractivity contribution in [3.8, 4) is 0 Å². The minimum absolute atomic E-state index is 0.791. The zero-order valence-corrected chi connectivity index (χ0v) is 9.09. The van der Waals surface area contributed by atoms with Gasteiger partial charge in [0.15, 0.2) is 0 Å². The largest absolute Gasteiger partial charge is 0.360 e. The van der Waals surface area contributed by atoms with Crippen molar-refractivity contribution in [2.24, 2.45) is 0 Å². The van der Waals surface area contributed by atoms with Gasteiger partial charge in [-0.25, -0.2) is 9.97 Å². The van der Waals surface area contributed by atoms with E-state index in [4.69, 9.17) is 0 Å². The third kappa shape index (κ3) is 2.17. The smallest absolute Gasteiger partial charge is 0.133 e. The molecule has 1 aromatic heterocycles. The van der Waals surface area contributed by atoms with Gasteiger partial charge in [0.1, 0.15) is 16.2 Å². The summed E-state index contributed by atoms with van der Waals surface area (Å²) in [5, 5.41) is 0. The normalized spacial score (nSPS) is 10.0. The summed E-state index contributed by atoms with van der Waals surface area (Å²) in [4.78, 5) is 10.5. The summed E-state index contributed by atoms with van der Waals surface area (Å²) >= 11 is 3.33. The Kier molecular flexibility index (Phi) is 3.03. The van der Waals surface area contributed by atoms with Crippen molar-refractivity contribution in [3.63, 3.8) is 0 Å². The molecular formula is C8H12BrN3. The molecule has 0 aromatic carbocycles. The molecule has 0 radical (unpaired) electrons. The number of hydrogen-bond acceptors (Lipinski definition) is 3. The second-order valence-corrected chi connectivity index (χ2v) is 3.42. The fraction of sp³-hybridized carbons (Fsp3) is 0.500. The molecule has 0 aliphatic carbocycles. The Balaban J connectivity index is 3.00. The fourth-order valence-corrected chi connectivity index (χ4v) is 1.34. The summed E-state index contributed by atoms with van der Waals surface area (Å²) < 4.78 is 0.838. The number of aromatic nitrogens is 2. The topological polar surface area (TPSA) is 29.0 Å². The molecule has 0 unspecified atom stereocenters. The van der Waals surface area contributed by atoms with Gasteiger partial charge in [-0.2, -0.15) is 0 Å². The highest BCUT2D eigenvalue weighted by atomic mass is 79.9. The lowest BCUT2D eigenvalue weighted by molar-refractivity contribution is 0.907. The molecule has 0 spiro atoms. The predicted octanol–water partition coefficient (Wildman–Crippen LogP) is 2.00. The summed E-state index contributed by atoms with van der Waals surface area (Å²) in [7, 11) is 2.01. The third-order valence-electron chi connectivity index (χ3n) is 1.66. The maximum Gasteiger partial charge on any atom is 0.133 e. The van der Waals surface area contributed by atoms with Gasteiger partial charge in [0.05, 0.1) is 0 Å². The molecule has 12 heavy (non-hydrogen) atoms. The maximum atomic E-state index is 4.29. The minimum atomic E-state index is 0.791. The Morgan fingerprint density at radius 3 is 2.67 bits per heavy atom. The van der Waals surface area contributed by atoms with Gasteiger partial charge < -0.3 is 4.90 Å². The van der Waals surface area contributed by atoms with Gasteiger partial charge in [-0.1, -0.05) is 0 Å². The average Bonchev–Trinajstić information content (AvgIpc) is 2.01. The van der Waals surface area contributed by atoms with Gasteiger partial charge >= 0.3 is 0 Å². The van der Waals surface area contributed by atoms with Crippen molar-refractivity contribution >= 4 is 21.7 Å². The second-order valence-electron chi connectivity index (χ2n) is 2.61. The van der Waals surface area contributed by atoms with Crippen LogP contribution in [0.2, 0.25) is 0 Å². The highest BCUT2D eigenvalue weighted by Gasteiger charge is 2.02. The highest BCUT2D eigenvalue weighted by molar-refractivity contribution is 9.10. The SMILES string of the molecule is CCN(C)c1cc(Br)nc(C)n1. The maximum absolute atomic E-state index is 4.29. The molecule has 66 valence electrons. The van der Waals surface area contributed by atoms with Gasteiger partial charge in [0.2, 0.25) is 0 Å². The first-order chi connectivity index (χ1) is 5.63. The van der Waals surface area contributed by atoms with E-state index in [2.05, 4.69) is 37.7 Å². The van der Waals surface area contributed by atoms with Crippen LogP contribution in [0.5, 0.6) is 0 Å². The van der Waals surface area contributed by atoms with E-state index in [1.54, 1.807) is 0 Å². The van der Waals surface area contributed by atoms with E-state index >= 15 is 0 Å². The van der Waals surface area contributed by atoms with Crippen molar-refractivity contribution in [1.29, 1.82) is 0 Å². The molecule has 0 aliphatic rings. The Morgan fingerprint density at radius 2 is 2.17 bits per heavy atom. The molecule has 0 amide bonds. The molecule has 0 saturated heterocycles. The first-order valence-electron chi connectivity index (χ1n) is 3.85. The van der Waals surface area contributed by atoms with Crippen LogP contribution >= 0.6 is 15.9 Å². The van der Waals surface area contributed by atoms with E-state index in [0.717, 1.165) is 22.8 Å². The van der Waals surface area contributed by atoms with Crippen molar-refractivity contribution in [2.45, 2.75) is 13.8 Å². The Hall–Kier alpha value is -0.640. The van der Waals surface area contributed by atoms with Crippen LogP contribution in [0.15, 0.2) is 10.7 Å². The van der Waals surface area contributed by atoms with E-state index in [-0.39, 0.29) is 0 Å². The molecule has 3 nitrogen and oxygen atoms in total. The van der Waals surface area contributed by atoms with Gasteiger partial charge in [0, 0.05) is 19.7 Å². The van der Waals surface area contributed by atoms with Crippen molar-refractivity contribution in [2.75, 3.05) is 18.5 Å². The first-order valence-corrected chi connectivity index (χ1v) is 4.65. The molecule has 1 heterocycles. The van der Waals surface area contributed by atoms with E-state index in [0.29, 0.717) is 0 Å². The molecule has 0 bridgehead atoms. The second kappa shape index (κ2) is 3.85. The quantitative estimate of drug-likeness (QED) is 0.727. The van der Waals surface area contributed by atoms with Crippen LogP contribution in [-0.2, 0) is 0 Å². The number of rotatable bonds is 2. The van der Waals surface area contributed by atoms with E-state index in [9.17, 15) is 0 Å². The van der Waals surface area contributed by atoms with Gasteiger partial charge in [-0.15, -0.1) is 0 Å². The summed E-state index contributed by atoms with van der Waals surface area (Å²) in [6.45, 7) is 4.92. The zero-order chi connectivity index (χ0) is 9.14. The molecule has 4 heteroatoms. The molecule has 1 aromatic rings. The summed E-state index contributed by atoms with van der Waals surface area (Å²) in [5.41, 5.74) is 0. The number of nitrogens with zero attached hydrogens (tertiary/aromatic N) is 3. The number of hydrogen-bond donors (Lipinski definition) is 0. The van der Waals surface area contributed by atoms with Crippen LogP contribution in [0.4, 0.5) is 5.82 Å². The van der Waals surface area contributed by atoms with Crippen molar-refractivity contribution < 1.29 is 0 Å². The molecular weight excluding hydrogens is 218 g/mol. The van der Waals surface area contributed by atoms with Crippen LogP contribution in [0.3, 0.4) is 0 Å². The fourth-order valence-electron chi connectivity index (χ4n) is 0.874. The van der Waals surface area contributed by atoms with Crippen molar-refractivity contribution in [3.05, 3.63) is 16.5 Å². The van der Waals surface area contributed by atoms with Crippen LogP contribution in [-0.4, -0.2) is 23.6 Å². The zero-order valence-electron chi connectivity index (χ0n) is 7.50.